The minimum absolute atomic E-state index is 0.0647. The normalized spacial score (nSPS) is 14.3. The van der Waals surface area contributed by atoms with Crippen LogP contribution in [0.4, 0.5) is 0 Å². The van der Waals surface area contributed by atoms with Crippen molar-refractivity contribution >= 4 is 30.9 Å². The van der Waals surface area contributed by atoms with E-state index in [-0.39, 0.29) is 12.2 Å². The molecule has 1 heterocycles. The Bertz CT molecular complexity index is 884. The number of sulfone groups is 1. The van der Waals surface area contributed by atoms with Crippen LogP contribution in [0.2, 0.25) is 0 Å². The summed E-state index contributed by atoms with van der Waals surface area (Å²) in [6, 6.07) is 5.29. The predicted molar refractivity (Wildman–Crippen MR) is 83.7 cm³/mol. The highest BCUT2D eigenvalue weighted by atomic mass is 32.2. The molecule has 1 atom stereocenters. The van der Waals surface area contributed by atoms with Crippen LogP contribution < -0.4 is 0 Å². The van der Waals surface area contributed by atoms with E-state index in [4.69, 9.17) is 4.18 Å². The first-order chi connectivity index (χ1) is 10.1. The van der Waals surface area contributed by atoms with Crippen LogP contribution in [0.25, 0.3) is 10.9 Å². The molecule has 0 saturated heterocycles. The Balaban J connectivity index is 2.38. The molecule has 0 N–H and O–H groups in total. The van der Waals surface area contributed by atoms with Crippen LogP contribution in [0.15, 0.2) is 24.4 Å². The molecular formula is C13H18N2O5S2. The highest BCUT2D eigenvalue weighted by Gasteiger charge is 2.20. The molecule has 22 heavy (non-hydrogen) atoms. The molecule has 122 valence electrons. The summed E-state index contributed by atoms with van der Waals surface area (Å²) < 4.78 is 52.3. The molecule has 0 fully saturated rings. The second kappa shape index (κ2) is 5.98. The number of nitrogens with zero attached hydrogens (tertiary/aromatic N) is 2. The third-order valence-electron chi connectivity index (χ3n) is 3.19. The molecule has 0 aliphatic rings. The van der Waals surface area contributed by atoms with Crippen LogP contribution in [-0.2, 0) is 31.2 Å². The van der Waals surface area contributed by atoms with Crippen molar-refractivity contribution in [3.63, 3.8) is 0 Å². The van der Waals surface area contributed by atoms with Gasteiger partial charge in [0.25, 0.3) is 10.1 Å². The van der Waals surface area contributed by atoms with E-state index in [0.717, 1.165) is 23.4 Å². The summed E-state index contributed by atoms with van der Waals surface area (Å²) in [5, 5.41) is 5.03. The standard InChI is InChI=1S/C13H18N2O5S2/c1-15-12-8-10(4-5-11(12)9-14-15)13(20-22(3,18)19)6-7-21(2,16)17/h4-5,8-9,13H,6-7H2,1-3H3/t13-/m1/s1. The topological polar surface area (TPSA) is 95.3 Å². The number of rotatable bonds is 6. The van der Waals surface area contributed by atoms with Crippen LogP contribution in [0.3, 0.4) is 0 Å². The average molecular weight is 346 g/mol. The van der Waals surface area contributed by atoms with E-state index in [1.54, 1.807) is 36.1 Å². The van der Waals surface area contributed by atoms with E-state index in [1.807, 2.05) is 0 Å². The number of benzene rings is 1. The van der Waals surface area contributed by atoms with Crippen LogP contribution in [0.1, 0.15) is 18.1 Å². The number of fused-ring (bicyclic) bond motifs is 1. The zero-order valence-corrected chi connectivity index (χ0v) is 14.2. The maximum atomic E-state index is 11.4. The predicted octanol–water partition coefficient (Wildman–Crippen LogP) is 1.03. The highest BCUT2D eigenvalue weighted by Crippen LogP contribution is 2.27. The van der Waals surface area contributed by atoms with Gasteiger partial charge in [-0.1, -0.05) is 12.1 Å². The van der Waals surface area contributed by atoms with Gasteiger partial charge in [0.15, 0.2) is 0 Å². The van der Waals surface area contributed by atoms with E-state index >= 15 is 0 Å². The summed E-state index contributed by atoms with van der Waals surface area (Å²) in [6.45, 7) is 0. The molecular weight excluding hydrogens is 328 g/mol. The third kappa shape index (κ3) is 4.52. The van der Waals surface area contributed by atoms with Gasteiger partial charge in [-0.2, -0.15) is 13.5 Å². The fourth-order valence-corrected chi connectivity index (χ4v) is 3.44. The largest absolute Gasteiger partial charge is 0.268 e. The summed E-state index contributed by atoms with van der Waals surface area (Å²) in [5.41, 5.74) is 1.42. The quantitative estimate of drug-likeness (QED) is 0.725. The molecule has 0 bridgehead atoms. The first-order valence-electron chi connectivity index (χ1n) is 6.53. The average Bonchev–Trinajstić information content (AvgIpc) is 2.74. The zero-order chi connectivity index (χ0) is 16.5. The van der Waals surface area contributed by atoms with Crippen molar-refractivity contribution in [1.29, 1.82) is 0 Å². The molecule has 2 aromatic rings. The molecule has 2 rings (SSSR count). The van der Waals surface area contributed by atoms with Crippen LogP contribution in [0.5, 0.6) is 0 Å². The molecule has 1 aromatic carbocycles. The Morgan fingerprint density at radius 1 is 1.23 bits per heavy atom. The number of hydrogen-bond donors (Lipinski definition) is 0. The van der Waals surface area contributed by atoms with E-state index in [9.17, 15) is 16.8 Å². The first kappa shape index (κ1) is 16.9. The van der Waals surface area contributed by atoms with Gasteiger partial charge in [0.2, 0.25) is 0 Å². The molecule has 0 aliphatic carbocycles. The highest BCUT2D eigenvalue weighted by molar-refractivity contribution is 7.90. The van der Waals surface area contributed by atoms with Crippen molar-refractivity contribution < 1.29 is 21.0 Å². The summed E-state index contributed by atoms with van der Waals surface area (Å²) in [6.07, 6.45) is 2.97. The molecule has 1 aromatic heterocycles. The van der Waals surface area contributed by atoms with Crippen molar-refractivity contribution in [2.45, 2.75) is 12.5 Å². The number of hydrogen-bond acceptors (Lipinski definition) is 6. The van der Waals surface area contributed by atoms with Crippen LogP contribution in [0, 0.1) is 0 Å². The fraction of sp³-hybridized carbons (Fsp3) is 0.462. The molecule has 0 aliphatic heterocycles. The van der Waals surface area contributed by atoms with Gasteiger partial charge in [-0.15, -0.1) is 0 Å². The van der Waals surface area contributed by atoms with Crippen molar-refractivity contribution in [1.82, 2.24) is 9.78 Å². The van der Waals surface area contributed by atoms with Crippen molar-refractivity contribution in [2.75, 3.05) is 18.3 Å². The van der Waals surface area contributed by atoms with Gasteiger partial charge in [-0.3, -0.25) is 8.86 Å². The maximum absolute atomic E-state index is 11.4. The molecule has 0 radical (unpaired) electrons. The van der Waals surface area contributed by atoms with Crippen molar-refractivity contribution in [3.8, 4) is 0 Å². The maximum Gasteiger partial charge on any atom is 0.264 e. The van der Waals surface area contributed by atoms with E-state index in [0.29, 0.717) is 5.56 Å². The zero-order valence-electron chi connectivity index (χ0n) is 12.6. The third-order valence-corrected chi connectivity index (χ3v) is 4.75. The van der Waals surface area contributed by atoms with Crippen LogP contribution in [-0.4, -0.2) is 44.9 Å². The Hall–Kier alpha value is -1.45. The van der Waals surface area contributed by atoms with E-state index in [2.05, 4.69) is 5.10 Å². The lowest BCUT2D eigenvalue weighted by atomic mass is 10.1. The van der Waals surface area contributed by atoms with E-state index < -0.39 is 26.1 Å². The van der Waals surface area contributed by atoms with Crippen molar-refractivity contribution in [3.05, 3.63) is 30.0 Å². The Labute approximate surface area is 129 Å². The van der Waals surface area contributed by atoms with Gasteiger partial charge in [0.05, 0.1) is 23.7 Å². The lowest BCUT2D eigenvalue weighted by Crippen LogP contribution is -2.15. The molecule has 0 spiro atoms. The number of aromatic nitrogens is 2. The SMILES string of the molecule is Cn1ncc2ccc([C@@H](CCS(C)(=O)=O)OS(C)(=O)=O)cc21. The Morgan fingerprint density at radius 2 is 1.91 bits per heavy atom. The van der Waals surface area contributed by atoms with Crippen LogP contribution >= 0.6 is 0 Å². The first-order valence-corrected chi connectivity index (χ1v) is 10.4. The molecule has 0 unspecified atom stereocenters. The summed E-state index contributed by atoms with van der Waals surface area (Å²) >= 11 is 0. The summed E-state index contributed by atoms with van der Waals surface area (Å²) in [7, 11) is -5.15. The van der Waals surface area contributed by atoms with Gasteiger partial charge < -0.3 is 0 Å². The van der Waals surface area contributed by atoms with Gasteiger partial charge in [-0.25, -0.2) is 8.42 Å². The molecule has 7 nitrogen and oxygen atoms in total. The molecule has 0 amide bonds. The monoisotopic (exact) mass is 346 g/mol. The fourth-order valence-electron chi connectivity index (χ4n) is 2.16. The Kier molecular flexibility index (Phi) is 4.59. The molecule has 9 heteroatoms. The number of aryl methyl sites for hydroxylation is 1. The summed E-state index contributed by atoms with van der Waals surface area (Å²) in [4.78, 5) is 0. The van der Waals surface area contributed by atoms with Gasteiger partial charge in [0, 0.05) is 18.7 Å². The molecule has 0 saturated carbocycles. The summed E-state index contributed by atoms with van der Waals surface area (Å²) in [5.74, 6) is -0.156. The van der Waals surface area contributed by atoms with Gasteiger partial charge in [0.1, 0.15) is 15.9 Å². The van der Waals surface area contributed by atoms with E-state index in [1.165, 1.54) is 0 Å². The minimum atomic E-state index is -3.71. The van der Waals surface area contributed by atoms with Crippen molar-refractivity contribution in [2.24, 2.45) is 7.05 Å². The van der Waals surface area contributed by atoms with Gasteiger partial charge >= 0.3 is 0 Å². The second-order valence-corrected chi connectivity index (χ2v) is 9.15. The van der Waals surface area contributed by atoms with Gasteiger partial charge in [-0.05, 0) is 18.1 Å². The second-order valence-electron chi connectivity index (χ2n) is 5.29. The minimum Gasteiger partial charge on any atom is -0.268 e. The lowest BCUT2D eigenvalue weighted by Gasteiger charge is -2.16. The smallest absolute Gasteiger partial charge is 0.264 e. The Morgan fingerprint density at radius 3 is 2.50 bits per heavy atom. The lowest BCUT2D eigenvalue weighted by molar-refractivity contribution is 0.212.